The fourth-order valence-corrected chi connectivity index (χ4v) is 0.933. The zero-order valence-corrected chi connectivity index (χ0v) is 7.70. The Morgan fingerprint density at radius 2 is 2.25 bits per heavy atom. The van der Waals surface area contributed by atoms with Gasteiger partial charge in [-0.1, -0.05) is 6.92 Å². The van der Waals surface area contributed by atoms with Crippen LogP contribution in [0.25, 0.3) is 0 Å². The van der Waals surface area contributed by atoms with Crippen molar-refractivity contribution in [2.45, 2.75) is 19.5 Å². The highest BCUT2D eigenvalue weighted by Gasteiger charge is 2.14. The lowest BCUT2D eigenvalue weighted by atomic mass is 10.4. The fourth-order valence-electron chi connectivity index (χ4n) is 0.933. The Morgan fingerprint density at radius 1 is 1.58 bits per heavy atom. The van der Waals surface area contributed by atoms with Crippen LogP contribution < -0.4 is 11.1 Å². The van der Waals surface area contributed by atoms with Gasteiger partial charge in [-0.05, 0) is 6.42 Å². The Balaban J connectivity index is 2.73. The first kappa shape index (κ1) is 8.83. The van der Waals surface area contributed by atoms with Crippen molar-refractivity contribution < 1.29 is 0 Å². The van der Waals surface area contributed by atoms with Gasteiger partial charge >= 0.3 is 0 Å². The van der Waals surface area contributed by atoms with Crippen LogP contribution >= 0.6 is 0 Å². The molecule has 0 amide bonds. The second kappa shape index (κ2) is 3.42. The maximum Gasteiger partial charge on any atom is 0.220 e. The molecule has 1 heterocycles. The Hall–Kier alpha value is -1.26. The summed E-state index contributed by atoms with van der Waals surface area (Å²) >= 11 is 0. The van der Waals surface area contributed by atoms with E-state index in [9.17, 15) is 0 Å². The summed E-state index contributed by atoms with van der Waals surface area (Å²) in [6.45, 7) is 2.05. The number of nitrogens with one attached hydrogen (secondary N) is 1. The Morgan fingerprint density at radius 3 is 2.75 bits per heavy atom. The van der Waals surface area contributed by atoms with Gasteiger partial charge in [-0.25, -0.2) is 4.99 Å². The van der Waals surface area contributed by atoms with Crippen LogP contribution in [0.5, 0.6) is 0 Å². The standard InChI is InChI=1S/C7H15N5/c1-4-5-9-6(8)11-7(10-5)12(2)3/h5H,4H2,1-3H3,(H3,8,9,10,11). The maximum absolute atomic E-state index is 5.52. The van der Waals surface area contributed by atoms with Crippen LogP contribution in [-0.2, 0) is 0 Å². The SMILES string of the molecule is CCC1N=C(N)N=C(N(C)C)N1. The van der Waals surface area contributed by atoms with E-state index >= 15 is 0 Å². The van der Waals surface area contributed by atoms with Gasteiger partial charge in [0.25, 0.3) is 0 Å². The van der Waals surface area contributed by atoms with Gasteiger partial charge in [0.2, 0.25) is 11.9 Å². The van der Waals surface area contributed by atoms with E-state index in [-0.39, 0.29) is 6.17 Å². The molecule has 0 fully saturated rings. The molecule has 0 aromatic carbocycles. The van der Waals surface area contributed by atoms with E-state index in [2.05, 4.69) is 15.3 Å². The van der Waals surface area contributed by atoms with Gasteiger partial charge in [0.15, 0.2) is 0 Å². The summed E-state index contributed by atoms with van der Waals surface area (Å²) in [4.78, 5) is 10.0. The average molecular weight is 169 g/mol. The normalized spacial score (nSPS) is 22.4. The van der Waals surface area contributed by atoms with Crippen molar-refractivity contribution in [1.29, 1.82) is 0 Å². The number of guanidine groups is 2. The first-order valence-corrected chi connectivity index (χ1v) is 3.99. The third-order valence-corrected chi connectivity index (χ3v) is 1.61. The van der Waals surface area contributed by atoms with E-state index < -0.39 is 0 Å². The highest BCUT2D eigenvalue weighted by atomic mass is 15.4. The molecule has 1 atom stereocenters. The fraction of sp³-hybridized carbons (Fsp3) is 0.714. The lowest BCUT2D eigenvalue weighted by molar-refractivity contribution is 0.524. The van der Waals surface area contributed by atoms with Gasteiger partial charge in [-0.2, -0.15) is 4.99 Å². The van der Waals surface area contributed by atoms with Crippen LogP contribution in [0.4, 0.5) is 0 Å². The summed E-state index contributed by atoms with van der Waals surface area (Å²) in [5.41, 5.74) is 5.52. The van der Waals surface area contributed by atoms with E-state index in [4.69, 9.17) is 5.73 Å². The molecule has 1 aliphatic rings. The second-order valence-electron chi connectivity index (χ2n) is 2.89. The van der Waals surface area contributed by atoms with Crippen molar-refractivity contribution in [3.63, 3.8) is 0 Å². The smallest absolute Gasteiger partial charge is 0.220 e. The van der Waals surface area contributed by atoms with Crippen LogP contribution in [0.1, 0.15) is 13.3 Å². The molecule has 5 heteroatoms. The van der Waals surface area contributed by atoms with Crippen molar-refractivity contribution in [3.8, 4) is 0 Å². The molecule has 68 valence electrons. The number of aliphatic imine (C=N–C) groups is 2. The van der Waals surface area contributed by atoms with Crippen LogP contribution in [0.2, 0.25) is 0 Å². The average Bonchev–Trinajstić information content (AvgIpc) is 2.03. The van der Waals surface area contributed by atoms with Crippen molar-refractivity contribution in [2.24, 2.45) is 15.7 Å². The summed E-state index contributed by atoms with van der Waals surface area (Å²) in [6.07, 6.45) is 0.980. The molecule has 1 rings (SSSR count). The minimum Gasteiger partial charge on any atom is -0.368 e. The van der Waals surface area contributed by atoms with Gasteiger partial charge in [0.05, 0.1) is 0 Å². The molecule has 1 unspecified atom stereocenters. The van der Waals surface area contributed by atoms with Gasteiger partial charge in [-0.3, -0.25) is 0 Å². The van der Waals surface area contributed by atoms with E-state index in [0.717, 1.165) is 12.4 Å². The van der Waals surface area contributed by atoms with Crippen LogP contribution in [0.3, 0.4) is 0 Å². The molecule has 3 N–H and O–H groups in total. The van der Waals surface area contributed by atoms with Gasteiger partial charge < -0.3 is 16.0 Å². The number of nitrogens with two attached hydrogens (primary N) is 1. The monoisotopic (exact) mass is 169 g/mol. The van der Waals surface area contributed by atoms with Crippen LogP contribution in [0.15, 0.2) is 9.98 Å². The first-order valence-electron chi connectivity index (χ1n) is 3.99. The predicted molar refractivity (Wildman–Crippen MR) is 50.0 cm³/mol. The summed E-state index contributed by atoms with van der Waals surface area (Å²) in [7, 11) is 3.83. The quantitative estimate of drug-likeness (QED) is 0.559. The topological polar surface area (TPSA) is 66.0 Å². The molecule has 0 saturated carbocycles. The molecule has 0 spiro atoms. The van der Waals surface area contributed by atoms with Crippen molar-refractivity contribution in [3.05, 3.63) is 0 Å². The third kappa shape index (κ3) is 1.87. The van der Waals surface area contributed by atoms with Gasteiger partial charge in [0.1, 0.15) is 6.17 Å². The van der Waals surface area contributed by atoms with Gasteiger partial charge in [-0.15, -0.1) is 0 Å². The zero-order chi connectivity index (χ0) is 9.14. The highest BCUT2D eigenvalue weighted by Crippen LogP contribution is 1.99. The lowest BCUT2D eigenvalue weighted by Crippen LogP contribution is -2.46. The van der Waals surface area contributed by atoms with E-state index in [1.807, 2.05) is 25.9 Å². The third-order valence-electron chi connectivity index (χ3n) is 1.61. The summed E-state index contributed by atoms with van der Waals surface area (Å²) in [5, 5.41) is 3.14. The number of hydrogen-bond acceptors (Lipinski definition) is 5. The number of rotatable bonds is 1. The molecule has 5 nitrogen and oxygen atoms in total. The van der Waals surface area contributed by atoms with Crippen molar-refractivity contribution in [1.82, 2.24) is 10.2 Å². The predicted octanol–water partition coefficient (Wildman–Crippen LogP) is -0.442. The van der Waals surface area contributed by atoms with Crippen molar-refractivity contribution in [2.75, 3.05) is 14.1 Å². The Kier molecular flexibility index (Phi) is 2.52. The summed E-state index contributed by atoms with van der Waals surface area (Å²) in [6, 6.07) is 0. The molecule has 0 bridgehead atoms. The molecule has 0 aliphatic carbocycles. The molecule has 0 saturated heterocycles. The molecule has 0 radical (unpaired) electrons. The molecule has 0 aromatic heterocycles. The highest BCUT2D eigenvalue weighted by molar-refractivity contribution is 5.95. The molecular formula is C7H15N5. The Bertz CT molecular complexity index is 218. The van der Waals surface area contributed by atoms with Gasteiger partial charge in [0, 0.05) is 14.1 Å². The largest absolute Gasteiger partial charge is 0.368 e. The number of hydrogen-bond donors (Lipinski definition) is 2. The lowest BCUT2D eigenvalue weighted by Gasteiger charge is -2.24. The molecular weight excluding hydrogens is 154 g/mol. The summed E-state index contributed by atoms with van der Waals surface area (Å²) < 4.78 is 0. The second-order valence-corrected chi connectivity index (χ2v) is 2.89. The molecule has 1 aliphatic heterocycles. The zero-order valence-electron chi connectivity index (χ0n) is 7.70. The number of nitrogens with zero attached hydrogens (tertiary/aromatic N) is 3. The van der Waals surface area contributed by atoms with Crippen molar-refractivity contribution >= 4 is 11.9 Å². The van der Waals surface area contributed by atoms with E-state index in [1.54, 1.807) is 0 Å². The van der Waals surface area contributed by atoms with Crippen LogP contribution in [-0.4, -0.2) is 37.1 Å². The van der Waals surface area contributed by atoms with Crippen LogP contribution in [0, 0.1) is 0 Å². The minimum atomic E-state index is 0.0694. The Labute approximate surface area is 72.4 Å². The molecule has 12 heavy (non-hydrogen) atoms. The van der Waals surface area contributed by atoms with E-state index in [0.29, 0.717) is 5.96 Å². The maximum atomic E-state index is 5.52. The van der Waals surface area contributed by atoms with E-state index in [1.165, 1.54) is 0 Å². The first-order chi connectivity index (χ1) is 5.63. The summed E-state index contributed by atoms with van der Waals surface area (Å²) in [5.74, 6) is 1.12. The minimum absolute atomic E-state index is 0.0694. The molecule has 0 aromatic rings.